The van der Waals surface area contributed by atoms with Crippen LogP contribution in [0.1, 0.15) is 11.1 Å². The molecule has 12 heavy (non-hydrogen) atoms. The van der Waals surface area contributed by atoms with E-state index in [9.17, 15) is 10.2 Å². The summed E-state index contributed by atoms with van der Waals surface area (Å²) in [4.78, 5) is 0. The SMILES string of the molecule is NC1(O)c2ccccc2CC1O. The summed E-state index contributed by atoms with van der Waals surface area (Å²) in [6.45, 7) is 0. The minimum atomic E-state index is -1.56. The predicted molar refractivity (Wildman–Crippen MR) is 44.2 cm³/mol. The van der Waals surface area contributed by atoms with Gasteiger partial charge in [0.15, 0.2) is 5.72 Å². The molecule has 2 rings (SSSR count). The lowest BCUT2D eigenvalue weighted by atomic mass is 10.1. The van der Waals surface area contributed by atoms with Crippen LogP contribution in [-0.2, 0) is 12.1 Å². The van der Waals surface area contributed by atoms with Crippen LogP contribution in [0.3, 0.4) is 0 Å². The Morgan fingerprint density at radius 3 is 2.75 bits per heavy atom. The molecule has 1 aliphatic carbocycles. The van der Waals surface area contributed by atoms with Crippen molar-refractivity contribution in [3.8, 4) is 0 Å². The molecule has 3 heteroatoms. The van der Waals surface area contributed by atoms with Crippen LogP contribution in [0.5, 0.6) is 0 Å². The van der Waals surface area contributed by atoms with Crippen molar-refractivity contribution in [1.82, 2.24) is 0 Å². The van der Waals surface area contributed by atoms with E-state index in [1.807, 2.05) is 12.1 Å². The Kier molecular flexibility index (Phi) is 1.48. The van der Waals surface area contributed by atoms with Crippen LogP contribution in [0.25, 0.3) is 0 Å². The van der Waals surface area contributed by atoms with Crippen LogP contribution < -0.4 is 5.73 Å². The summed E-state index contributed by atoms with van der Waals surface area (Å²) in [5.41, 5.74) is 5.54. The standard InChI is InChI=1S/C9H11NO2/c10-9(12)7-4-2-1-3-6(7)5-8(9)11/h1-4,8,11-12H,5,10H2. The second kappa shape index (κ2) is 2.29. The lowest BCUT2D eigenvalue weighted by Crippen LogP contribution is -2.44. The molecule has 0 aliphatic heterocycles. The topological polar surface area (TPSA) is 66.5 Å². The average Bonchev–Trinajstić information content (AvgIpc) is 2.25. The van der Waals surface area contributed by atoms with Crippen molar-refractivity contribution in [2.75, 3.05) is 0 Å². The van der Waals surface area contributed by atoms with Gasteiger partial charge in [0.25, 0.3) is 0 Å². The fraction of sp³-hybridized carbons (Fsp3) is 0.333. The maximum atomic E-state index is 9.64. The zero-order valence-electron chi connectivity index (χ0n) is 6.57. The minimum absolute atomic E-state index is 0.434. The lowest BCUT2D eigenvalue weighted by Gasteiger charge is -2.21. The molecule has 2 unspecified atom stereocenters. The lowest BCUT2D eigenvalue weighted by molar-refractivity contribution is -0.0627. The molecule has 0 radical (unpaired) electrons. The van der Waals surface area contributed by atoms with Gasteiger partial charge in [-0.2, -0.15) is 0 Å². The maximum absolute atomic E-state index is 9.64. The zero-order valence-corrected chi connectivity index (χ0v) is 6.57. The van der Waals surface area contributed by atoms with Crippen molar-refractivity contribution in [1.29, 1.82) is 0 Å². The highest BCUT2D eigenvalue weighted by atomic mass is 16.4. The molecule has 0 bridgehead atoms. The third kappa shape index (κ3) is 0.876. The van der Waals surface area contributed by atoms with Crippen molar-refractivity contribution in [3.63, 3.8) is 0 Å². The molecule has 0 fully saturated rings. The summed E-state index contributed by atoms with van der Waals surface area (Å²) in [6, 6.07) is 7.27. The van der Waals surface area contributed by atoms with Gasteiger partial charge in [0.1, 0.15) is 6.10 Å². The fourth-order valence-corrected chi connectivity index (χ4v) is 1.63. The first-order valence-corrected chi connectivity index (χ1v) is 3.90. The molecule has 1 aromatic rings. The molecule has 0 saturated heterocycles. The maximum Gasteiger partial charge on any atom is 0.166 e. The highest BCUT2D eigenvalue weighted by molar-refractivity contribution is 5.38. The number of benzene rings is 1. The molecule has 0 amide bonds. The van der Waals surface area contributed by atoms with Gasteiger partial charge in [-0.3, -0.25) is 5.73 Å². The highest BCUT2D eigenvalue weighted by Crippen LogP contribution is 2.32. The smallest absolute Gasteiger partial charge is 0.166 e. The van der Waals surface area contributed by atoms with E-state index in [4.69, 9.17) is 5.73 Å². The Labute approximate surface area is 70.4 Å². The predicted octanol–water partition coefficient (Wildman–Crippen LogP) is -0.293. The van der Waals surface area contributed by atoms with Gasteiger partial charge in [-0.15, -0.1) is 0 Å². The van der Waals surface area contributed by atoms with E-state index < -0.39 is 11.8 Å². The number of nitrogens with two attached hydrogens (primary N) is 1. The van der Waals surface area contributed by atoms with E-state index in [2.05, 4.69) is 0 Å². The molecule has 0 aromatic heterocycles. The summed E-state index contributed by atoms with van der Waals surface area (Å²) < 4.78 is 0. The van der Waals surface area contributed by atoms with Gasteiger partial charge < -0.3 is 10.2 Å². The number of aliphatic hydroxyl groups is 2. The van der Waals surface area contributed by atoms with Crippen molar-refractivity contribution in [3.05, 3.63) is 35.4 Å². The van der Waals surface area contributed by atoms with E-state index in [-0.39, 0.29) is 0 Å². The second-order valence-corrected chi connectivity index (χ2v) is 3.20. The summed E-state index contributed by atoms with van der Waals surface area (Å²) in [7, 11) is 0. The Bertz CT molecular complexity index is 309. The number of rotatable bonds is 0. The summed E-state index contributed by atoms with van der Waals surface area (Å²) in [5, 5.41) is 19.0. The van der Waals surface area contributed by atoms with Gasteiger partial charge in [-0.25, -0.2) is 0 Å². The Morgan fingerprint density at radius 2 is 2.08 bits per heavy atom. The Morgan fingerprint density at radius 1 is 1.42 bits per heavy atom. The molecular weight excluding hydrogens is 154 g/mol. The first kappa shape index (κ1) is 7.73. The summed E-state index contributed by atoms with van der Waals surface area (Å²) in [6.07, 6.45) is -0.446. The van der Waals surface area contributed by atoms with E-state index in [1.54, 1.807) is 12.1 Å². The van der Waals surface area contributed by atoms with Gasteiger partial charge in [0.05, 0.1) is 0 Å². The number of fused-ring (bicyclic) bond motifs is 1. The van der Waals surface area contributed by atoms with Crippen molar-refractivity contribution >= 4 is 0 Å². The quantitative estimate of drug-likeness (QED) is 0.463. The van der Waals surface area contributed by atoms with Crippen molar-refractivity contribution in [2.45, 2.75) is 18.2 Å². The fourth-order valence-electron chi connectivity index (χ4n) is 1.63. The Balaban J connectivity index is 2.55. The first-order valence-electron chi connectivity index (χ1n) is 3.90. The molecule has 2 atom stereocenters. The van der Waals surface area contributed by atoms with E-state index >= 15 is 0 Å². The van der Waals surface area contributed by atoms with Gasteiger partial charge in [-0.05, 0) is 5.56 Å². The highest BCUT2D eigenvalue weighted by Gasteiger charge is 2.40. The van der Waals surface area contributed by atoms with Crippen molar-refractivity contribution in [2.24, 2.45) is 5.73 Å². The van der Waals surface area contributed by atoms with Crippen LogP contribution in [-0.4, -0.2) is 16.3 Å². The van der Waals surface area contributed by atoms with Crippen LogP contribution in [0.4, 0.5) is 0 Å². The minimum Gasteiger partial charge on any atom is -0.388 e. The van der Waals surface area contributed by atoms with Crippen LogP contribution >= 0.6 is 0 Å². The van der Waals surface area contributed by atoms with Crippen LogP contribution in [0.15, 0.2) is 24.3 Å². The summed E-state index contributed by atoms with van der Waals surface area (Å²) in [5.74, 6) is 0. The Hall–Kier alpha value is -0.900. The molecule has 0 saturated carbocycles. The molecule has 1 aliphatic rings. The van der Waals surface area contributed by atoms with Gasteiger partial charge in [0, 0.05) is 12.0 Å². The molecule has 1 aromatic carbocycles. The number of aliphatic hydroxyl groups excluding tert-OH is 1. The van der Waals surface area contributed by atoms with E-state index in [0.717, 1.165) is 5.56 Å². The molecule has 0 spiro atoms. The summed E-state index contributed by atoms with van der Waals surface area (Å²) >= 11 is 0. The molecule has 3 nitrogen and oxygen atoms in total. The van der Waals surface area contributed by atoms with Gasteiger partial charge in [0.2, 0.25) is 0 Å². The number of hydrogen-bond donors (Lipinski definition) is 3. The molecular formula is C9H11NO2. The molecule has 64 valence electrons. The second-order valence-electron chi connectivity index (χ2n) is 3.20. The average molecular weight is 165 g/mol. The molecule has 0 heterocycles. The largest absolute Gasteiger partial charge is 0.388 e. The normalized spacial score (nSPS) is 33.4. The number of hydrogen-bond acceptors (Lipinski definition) is 3. The van der Waals surface area contributed by atoms with Gasteiger partial charge in [-0.1, -0.05) is 24.3 Å². The third-order valence-electron chi connectivity index (χ3n) is 2.37. The third-order valence-corrected chi connectivity index (χ3v) is 2.37. The molecule has 4 N–H and O–H groups in total. The van der Waals surface area contributed by atoms with Crippen LogP contribution in [0.2, 0.25) is 0 Å². The monoisotopic (exact) mass is 165 g/mol. The van der Waals surface area contributed by atoms with E-state index in [1.165, 1.54) is 0 Å². The van der Waals surface area contributed by atoms with E-state index in [0.29, 0.717) is 12.0 Å². The van der Waals surface area contributed by atoms with Gasteiger partial charge >= 0.3 is 0 Å². The van der Waals surface area contributed by atoms with Crippen molar-refractivity contribution < 1.29 is 10.2 Å². The van der Waals surface area contributed by atoms with Crippen LogP contribution in [0, 0.1) is 0 Å². The zero-order chi connectivity index (χ0) is 8.77. The first-order chi connectivity index (χ1) is 5.62.